The first-order chi connectivity index (χ1) is 8.90. The van der Waals surface area contributed by atoms with E-state index in [0.717, 1.165) is 11.1 Å². The molecular formula is C14H17NO4. The minimum absolute atomic E-state index is 0.0645. The van der Waals surface area contributed by atoms with Gasteiger partial charge >= 0.3 is 5.97 Å². The maximum atomic E-state index is 11.8. The lowest BCUT2D eigenvalue weighted by molar-refractivity contribution is -0.182. The van der Waals surface area contributed by atoms with Crippen molar-refractivity contribution in [3.05, 3.63) is 35.4 Å². The van der Waals surface area contributed by atoms with E-state index in [9.17, 15) is 9.59 Å². The normalized spacial score (nSPS) is 23.5. The number of carboxylic acid groups (broad SMARTS) is 1. The summed E-state index contributed by atoms with van der Waals surface area (Å²) in [6, 6.07) is 7.82. The van der Waals surface area contributed by atoms with Crippen LogP contribution in [0.15, 0.2) is 24.3 Å². The van der Waals surface area contributed by atoms with Crippen LogP contribution in [0.2, 0.25) is 0 Å². The summed E-state index contributed by atoms with van der Waals surface area (Å²) in [6.07, 6.45) is 0. The van der Waals surface area contributed by atoms with E-state index in [2.05, 4.69) is 0 Å². The molecule has 2 rings (SSSR count). The number of carbonyl (C=O) groups is 2. The molecule has 5 nitrogen and oxygen atoms in total. The second-order valence-corrected chi connectivity index (χ2v) is 5.06. The van der Waals surface area contributed by atoms with Crippen LogP contribution in [-0.4, -0.2) is 40.6 Å². The molecule has 0 saturated carbocycles. The van der Waals surface area contributed by atoms with Crippen LogP contribution in [0.1, 0.15) is 18.1 Å². The lowest BCUT2D eigenvalue weighted by atomic mass is 10.0. The minimum Gasteiger partial charge on any atom is -0.479 e. The Kier molecular flexibility index (Phi) is 3.57. The highest BCUT2D eigenvalue weighted by Gasteiger charge is 2.42. The third-order valence-electron chi connectivity index (χ3n) is 3.31. The van der Waals surface area contributed by atoms with Crippen LogP contribution < -0.4 is 0 Å². The monoisotopic (exact) mass is 263 g/mol. The van der Waals surface area contributed by atoms with Gasteiger partial charge in [-0.2, -0.15) is 0 Å². The van der Waals surface area contributed by atoms with Crippen molar-refractivity contribution in [1.82, 2.24) is 4.90 Å². The Morgan fingerprint density at radius 2 is 2.05 bits per heavy atom. The maximum Gasteiger partial charge on any atom is 0.337 e. The van der Waals surface area contributed by atoms with Crippen LogP contribution in [0.4, 0.5) is 0 Å². The van der Waals surface area contributed by atoms with Crippen molar-refractivity contribution in [2.45, 2.75) is 26.0 Å². The fourth-order valence-corrected chi connectivity index (χ4v) is 2.00. The lowest BCUT2D eigenvalue weighted by Gasteiger charge is -2.37. The maximum absolute atomic E-state index is 11.8. The summed E-state index contributed by atoms with van der Waals surface area (Å²) >= 11 is 0. The molecule has 1 fully saturated rings. The quantitative estimate of drug-likeness (QED) is 0.889. The number of benzene rings is 1. The number of hydrogen-bond donors (Lipinski definition) is 1. The molecule has 1 aromatic rings. The van der Waals surface area contributed by atoms with Crippen molar-refractivity contribution in [3.8, 4) is 0 Å². The van der Waals surface area contributed by atoms with E-state index in [4.69, 9.17) is 9.84 Å². The van der Waals surface area contributed by atoms with E-state index in [0.29, 0.717) is 6.54 Å². The van der Waals surface area contributed by atoms with Crippen LogP contribution in [0.25, 0.3) is 0 Å². The zero-order chi connectivity index (χ0) is 14.0. The van der Waals surface area contributed by atoms with Gasteiger partial charge in [0.1, 0.15) is 6.61 Å². The Balaban J connectivity index is 2.12. The number of hydrogen-bond acceptors (Lipinski definition) is 3. The van der Waals surface area contributed by atoms with Gasteiger partial charge < -0.3 is 14.7 Å². The first kappa shape index (κ1) is 13.5. The number of ether oxygens (including phenoxy) is 1. The molecule has 1 aliphatic heterocycles. The van der Waals surface area contributed by atoms with E-state index in [-0.39, 0.29) is 19.1 Å². The molecule has 1 aliphatic rings. The highest BCUT2D eigenvalue weighted by Crippen LogP contribution is 2.20. The fourth-order valence-electron chi connectivity index (χ4n) is 2.00. The number of nitrogens with zero attached hydrogens (tertiary/aromatic N) is 1. The van der Waals surface area contributed by atoms with Crippen molar-refractivity contribution in [3.63, 3.8) is 0 Å². The van der Waals surface area contributed by atoms with Crippen LogP contribution in [0.5, 0.6) is 0 Å². The number of aliphatic carboxylic acids is 1. The van der Waals surface area contributed by atoms with Crippen LogP contribution in [0, 0.1) is 6.92 Å². The molecule has 1 unspecified atom stereocenters. The zero-order valence-corrected chi connectivity index (χ0v) is 11.0. The van der Waals surface area contributed by atoms with Gasteiger partial charge in [0.2, 0.25) is 5.91 Å². The summed E-state index contributed by atoms with van der Waals surface area (Å²) < 4.78 is 5.14. The molecular weight excluding hydrogens is 246 g/mol. The summed E-state index contributed by atoms with van der Waals surface area (Å²) in [7, 11) is 0. The minimum atomic E-state index is -1.32. The average Bonchev–Trinajstić information content (AvgIpc) is 2.36. The van der Waals surface area contributed by atoms with Gasteiger partial charge in [0.05, 0.1) is 6.54 Å². The van der Waals surface area contributed by atoms with Crippen LogP contribution in [-0.2, 0) is 20.9 Å². The molecule has 0 aromatic heterocycles. The molecule has 5 heteroatoms. The van der Waals surface area contributed by atoms with Gasteiger partial charge in [-0.15, -0.1) is 0 Å². The molecule has 1 atom stereocenters. The molecule has 0 bridgehead atoms. The van der Waals surface area contributed by atoms with E-state index >= 15 is 0 Å². The molecule has 1 saturated heterocycles. The predicted molar refractivity (Wildman–Crippen MR) is 68.6 cm³/mol. The third kappa shape index (κ3) is 2.93. The van der Waals surface area contributed by atoms with Gasteiger partial charge in [-0.05, 0) is 19.4 Å². The Morgan fingerprint density at radius 3 is 2.63 bits per heavy atom. The smallest absolute Gasteiger partial charge is 0.337 e. The molecule has 1 N–H and O–H groups in total. The van der Waals surface area contributed by atoms with E-state index in [1.807, 2.05) is 31.2 Å². The van der Waals surface area contributed by atoms with E-state index < -0.39 is 11.6 Å². The van der Waals surface area contributed by atoms with Gasteiger partial charge in [0.15, 0.2) is 5.60 Å². The lowest BCUT2D eigenvalue weighted by Crippen LogP contribution is -2.56. The first-order valence-corrected chi connectivity index (χ1v) is 6.11. The van der Waals surface area contributed by atoms with Gasteiger partial charge in [-0.1, -0.05) is 29.8 Å². The summed E-state index contributed by atoms with van der Waals surface area (Å²) in [6.45, 7) is 3.77. The van der Waals surface area contributed by atoms with Gasteiger partial charge in [-0.3, -0.25) is 4.79 Å². The second-order valence-electron chi connectivity index (χ2n) is 5.06. The number of carboxylic acids is 1. The molecule has 0 aliphatic carbocycles. The Hall–Kier alpha value is -1.88. The second kappa shape index (κ2) is 5.01. The third-order valence-corrected chi connectivity index (χ3v) is 3.31. The Morgan fingerprint density at radius 1 is 1.42 bits per heavy atom. The highest BCUT2D eigenvalue weighted by atomic mass is 16.5. The predicted octanol–water partition coefficient (Wildman–Crippen LogP) is 1.20. The summed E-state index contributed by atoms with van der Waals surface area (Å²) in [5.74, 6) is -1.23. The van der Waals surface area contributed by atoms with E-state index in [1.54, 1.807) is 0 Å². The standard InChI is InChI=1S/C14H17NO4/c1-10-3-5-11(6-4-10)7-15-9-14(2,13(17)18)19-8-12(15)16/h3-6H,7-9H2,1-2H3,(H,17,18). The first-order valence-electron chi connectivity index (χ1n) is 6.11. The molecule has 1 heterocycles. The largest absolute Gasteiger partial charge is 0.479 e. The van der Waals surface area contributed by atoms with Crippen molar-refractivity contribution in [2.75, 3.05) is 13.2 Å². The van der Waals surface area contributed by atoms with Crippen molar-refractivity contribution < 1.29 is 19.4 Å². The van der Waals surface area contributed by atoms with Gasteiger partial charge in [-0.25, -0.2) is 4.79 Å². The number of aryl methyl sites for hydroxylation is 1. The van der Waals surface area contributed by atoms with Crippen molar-refractivity contribution in [1.29, 1.82) is 0 Å². The SMILES string of the molecule is Cc1ccc(CN2CC(C)(C(=O)O)OCC2=O)cc1. The number of carbonyl (C=O) groups excluding carboxylic acids is 1. The number of morpholine rings is 1. The van der Waals surface area contributed by atoms with Crippen LogP contribution in [0.3, 0.4) is 0 Å². The fraction of sp³-hybridized carbons (Fsp3) is 0.429. The topological polar surface area (TPSA) is 66.8 Å². The van der Waals surface area contributed by atoms with Crippen molar-refractivity contribution in [2.24, 2.45) is 0 Å². The Labute approximate surface area is 111 Å². The summed E-state index contributed by atoms with van der Waals surface area (Å²) in [5, 5.41) is 9.14. The van der Waals surface area contributed by atoms with Gasteiger partial charge in [0, 0.05) is 6.54 Å². The van der Waals surface area contributed by atoms with Crippen molar-refractivity contribution >= 4 is 11.9 Å². The van der Waals surface area contributed by atoms with Crippen LogP contribution >= 0.6 is 0 Å². The molecule has 1 amide bonds. The molecule has 102 valence electrons. The molecule has 0 radical (unpaired) electrons. The Bertz CT molecular complexity index is 497. The van der Waals surface area contributed by atoms with E-state index in [1.165, 1.54) is 11.8 Å². The van der Waals surface area contributed by atoms with Gasteiger partial charge in [0.25, 0.3) is 0 Å². The number of amides is 1. The average molecular weight is 263 g/mol. The number of rotatable bonds is 3. The zero-order valence-electron chi connectivity index (χ0n) is 11.0. The summed E-state index contributed by atoms with van der Waals surface area (Å²) in [5.41, 5.74) is 0.805. The molecule has 19 heavy (non-hydrogen) atoms. The molecule has 1 aromatic carbocycles. The highest BCUT2D eigenvalue weighted by molar-refractivity contribution is 5.83. The molecule has 0 spiro atoms. The summed E-state index contributed by atoms with van der Waals surface area (Å²) in [4.78, 5) is 24.5.